The Morgan fingerprint density at radius 1 is 0.652 bits per heavy atom. The molecule has 0 bridgehead atoms. The zero-order valence-electron chi connectivity index (χ0n) is 12.6. The number of hydrogen-bond donors (Lipinski definition) is 1. The minimum atomic E-state index is 0.766. The molecule has 0 aliphatic heterocycles. The van der Waals surface area contributed by atoms with Crippen LogP contribution in [0.2, 0.25) is 0 Å². The van der Waals surface area contributed by atoms with Crippen molar-refractivity contribution < 1.29 is 0 Å². The molecule has 23 heavy (non-hydrogen) atoms. The Hall–Kier alpha value is -3.13. The Morgan fingerprint density at radius 2 is 1.35 bits per heavy atom. The predicted octanol–water partition coefficient (Wildman–Crippen LogP) is 5.15. The van der Waals surface area contributed by atoms with E-state index in [1.54, 1.807) is 0 Å². The summed E-state index contributed by atoms with van der Waals surface area (Å²) in [6.07, 6.45) is 0. The zero-order chi connectivity index (χ0) is 15.6. The molecular formula is C21H16N2. The molecule has 4 rings (SSSR count). The molecule has 0 fully saturated rings. The number of nitrogens with zero attached hydrogens (tertiary/aromatic N) is 1. The molecule has 0 unspecified atom stereocenters. The molecule has 3 aromatic carbocycles. The fourth-order valence-corrected chi connectivity index (χ4v) is 2.88. The van der Waals surface area contributed by atoms with E-state index in [0.29, 0.717) is 0 Å². The summed E-state index contributed by atoms with van der Waals surface area (Å²) >= 11 is 0. The fraction of sp³-hybridized carbons (Fsp3) is 0. The van der Waals surface area contributed by atoms with Crippen molar-refractivity contribution in [2.45, 2.75) is 0 Å². The van der Waals surface area contributed by atoms with Crippen LogP contribution in [-0.4, -0.2) is 4.98 Å². The van der Waals surface area contributed by atoms with E-state index >= 15 is 0 Å². The monoisotopic (exact) mass is 296 g/mol. The molecule has 2 N–H and O–H groups in total. The molecule has 4 aromatic rings. The molecule has 0 saturated carbocycles. The number of pyridine rings is 1. The van der Waals surface area contributed by atoms with Crippen molar-refractivity contribution in [3.8, 4) is 22.4 Å². The average molecular weight is 296 g/mol. The first-order valence-corrected chi connectivity index (χ1v) is 7.63. The molecule has 1 aromatic heterocycles. The minimum absolute atomic E-state index is 0.766. The van der Waals surface area contributed by atoms with Gasteiger partial charge in [0.05, 0.1) is 11.2 Å². The van der Waals surface area contributed by atoms with Crippen molar-refractivity contribution >= 4 is 16.6 Å². The topological polar surface area (TPSA) is 38.9 Å². The van der Waals surface area contributed by atoms with Gasteiger partial charge in [-0.3, -0.25) is 0 Å². The smallest absolute Gasteiger partial charge is 0.0788 e. The van der Waals surface area contributed by atoms with Crippen molar-refractivity contribution in [2.75, 3.05) is 5.73 Å². The van der Waals surface area contributed by atoms with Gasteiger partial charge in [0, 0.05) is 27.8 Å². The second kappa shape index (κ2) is 5.58. The van der Waals surface area contributed by atoms with Gasteiger partial charge < -0.3 is 5.73 Å². The lowest BCUT2D eigenvalue weighted by atomic mass is 9.96. The van der Waals surface area contributed by atoms with Gasteiger partial charge in [-0.1, -0.05) is 66.7 Å². The van der Waals surface area contributed by atoms with Crippen LogP contribution in [0.1, 0.15) is 0 Å². The van der Waals surface area contributed by atoms with Gasteiger partial charge in [0.25, 0.3) is 0 Å². The molecule has 0 spiro atoms. The molecule has 0 aliphatic rings. The van der Waals surface area contributed by atoms with Crippen molar-refractivity contribution in [1.29, 1.82) is 0 Å². The van der Waals surface area contributed by atoms with Gasteiger partial charge in [-0.15, -0.1) is 0 Å². The summed E-state index contributed by atoms with van der Waals surface area (Å²) < 4.78 is 0. The van der Waals surface area contributed by atoms with E-state index in [0.717, 1.165) is 39.0 Å². The Bertz CT molecular complexity index is 975. The highest BCUT2D eigenvalue weighted by atomic mass is 14.7. The number of nitrogens with two attached hydrogens (primary N) is 1. The van der Waals surface area contributed by atoms with Gasteiger partial charge in [-0.25, -0.2) is 4.98 Å². The number of benzene rings is 3. The van der Waals surface area contributed by atoms with E-state index in [-0.39, 0.29) is 0 Å². The van der Waals surface area contributed by atoms with Crippen LogP contribution in [-0.2, 0) is 0 Å². The van der Waals surface area contributed by atoms with Crippen molar-refractivity contribution in [1.82, 2.24) is 4.98 Å². The molecule has 2 nitrogen and oxygen atoms in total. The summed E-state index contributed by atoms with van der Waals surface area (Å²) in [7, 11) is 0. The second-order valence-corrected chi connectivity index (χ2v) is 5.53. The number of hydrogen-bond acceptors (Lipinski definition) is 2. The van der Waals surface area contributed by atoms with E-state index < -0.39 is 0 Å². The lowest BCUT2D eigenvalue weighted by molar-refractivity contribution is 1.39. The average Bonchev–Trinajstić information content (AvgIpc) is 2.62. The van der Waals surface area contributed by atoms with Crippen LogP contribution >= 0.6 is 0 Å². The molecule has 110 valence electrons. The number of anilines is 1. The van der Waals surface area contributed by atoms with Crippen molar-refractivity contribution in [2.24, 2.45) is 0 Å². The summed E-state index contributed by atoms with van der Waals surface area (Å²) in [5.74, 6) is 0. The summed E-state index contributed by atoms with van der Waals surface area (Å²) in [4.78, 5) is 4.91. The number of para-hydroxylation sites is 2. The third-order valence-electron chi connectivity index (χ3n) is 4.02. The maximum Gasteiger partial charge on any atom is 0.0788 e. The van der Waals surface area contributed by atoms with Crippen LogP contribution < -0.4 is 5.73 Å². The maximum absolute atomic E-state index is 6.22. The first kappa shape index (κ1) is 13.5. The standard InChI is InChI=1S/C21H16N2/c22-19-12-6-5-11-17(19)18-14-16-10-4-7-13-20(16)23-21(18)15-8-2-1-3-9-15/h1-14H,22H2. The van der Waals surface area contributed by atoms with E-state index in [1.807, 2.05) is 60.7 Å². The number of aromatic nitrogens is 1. The van der Waals surface area contributed by atoms with Crippen molar-refractivity contribution in [3.05, 3.63) is 84.9 Å². The molecule has 0 aliphatic carbocycles. The maximum atomic E-state index is 6.22. The number of fused-ring (bicyclic) bond motifs is 1. The normalized spacial score (nSPS) is 10.8. The van der Waals surface area contributed by atoms with Gasteiger partial charge in [0.15, 0.2) is 0 Å². The van der Waals surface area contributed by atoms with Crippen LogP contribution in [0.15, 0.2) is 84.9 Å². The van der Waals surface area contributed by atoms with Crippen LogP contribution in [0.4, 0.5) is 5.69 Å². The van der Waals surface area contributed by atoms with Crippen molar-refractivity contribution in [3.63, 3.8) is 0 Å². The molecule has 0 saturated heterocycles. The van der Waals surface area contributed by atoms with Crippen LogP contribution in [0, 0.1) is 0 Å². The van der Waals surface area contributed by atoms with E-state index in [2.05, 4.69) is 24.3 Å². The first-order chi connectivity index (χ1) is 11.3. The van der Waals surface area contributed by atoms with Crippen LogP contribution in [0.5, 0.6) is 0 Å². The van der Waals surface area contributed by atoms with E-state index in [9.17, 15) is 0 Å². The fourth-order valence-electron chi connectivity index (χ4n) is 2.88. The molecule has 2 heteroatoms. The summed E-state index contributed by atoms with van der Waals surface area (Å²) in [6, 6.07) is 28.5. The SMILES string of the molecule is Nc1ccccc1-c1cc2ccccc2nc1-c1ccccc1. The largest absolute Gasteiger partial charge is 0.398 e. The van der Waals surface area contributed by atoms with Gasteiger partial charge >= 0.3 is 0 Å². The highest BCUT2D eigenvalue weighted by Crippen LogP contribution is 2.35. The zero-order valence-corrected chi connectivity index (χ0v) is 12.6. The molecule has 1 heterocycles. The molecular weight excluding hydrogens is 280 g/mol. The third-order valence-corrected chi connectivity index (χ3v) is 4.02. The van der Waals surface area contributed by atoms with Gasteiger partial charge in [-0.05, 0) is 18.2 Å². The summed E-state index contributed by atoms with van der Waals surface area (Å²) in [5.41, 5.74) is 12.1. The molecule has 0 amide bonds. The Balaban J connectivity index is 2.07. The Labute approximate surface area is 135 Å². The van der Waals surface area contributed by atoms with Crippen LogP contribution in [0.3, 0.4) is 0 Å². The highest BCUT2D eigenvalue weighted by Gasteiger charge is 2.12. The van der Waals surface area contributed by atoms with Gasteiger partial charge in [0.2, 0.25) is 0 Å². The number of nitrogen functional groups attached to an aromatic ring is 1. The number of rotatable bonds is 2. The predicted molar refractivity (Wildman–Crippen MR) is 97.0 cm³/mol. The lowest BCUT2D eigenvalue weighted by Gasteiger charge is -2.13. The summed E-state index contributed by atoms with van der Waals surface area (Å²) in [6.45, 7) is 0. The van der Waals surface area contributed by atoms with E-state index in [1.165, 1.54) is 0 Å². The lowest BCUT2D eigenvalue weighted by Crippen LogP contribution is -1.94. The first-order valence-electron chi connectivity index (χ1n) is 7.63. The minimum Gasteiger partial charge on any atom is -0.398 e. The Kier molecular flexibility index (Phi) is 3.28. The second-order valence-electron chi connectivity index (χ2n) is 5.53. The molecule has 0 atom stereocenters. The Morgan fingerprint density at radius 3 is 2.17 bits per heavy atom. The summed E-state index contributed by atoms with van der Waals surface area (Å²) in [5, 5.41) is 1.12. The van der Waals surface area contributed by atoms with E-state index in [4.69, 9.17) is 10.7 Å². The molecule has 0 radical (unpaired) electrons. The van der Waals surface area contributed by atoms with Gasteiger partial charge in [-0.2, -0.15) is 0 Å². The highest BCUT2D eigenvalue weighted by molar-refractivity contribution is 5.94. The van der Waals surface area contributed by atoms with Crippen LogP contribution in [0.25, 0.3) is 33.3 Å². The third kappa shape index (κ3) is 2.44. The van der Waals surface area contributed by atoms with Gasteiger partial charge in [0.1, 0.15) is 0 Å². The quantitative estimate of drug-likeness (QED) is 0.519.